The Hall–Kier alpha value is -2.58. The Kier molecular flexibility index (Phi) is 14.9. The molecule has 1 aromatic heterocycles. The summed E-state index contributed by atoms with van der Waals surface area (Å²) in [6, 6.07) is 9.89. The Balaban J connectivity index is 2.18. The number of carbonyl (C=O) groups is 2. The molecule has 0 aliphatic rings. The summed E-state index contributed by atoms with van der Waals surface area (Å²) in [6.45, 7) is 9.07. The highest BCUT2D eigenvalue weighted by Crippen LogP contribution is 2.28. The van der Waals surface area contributed by atoms with Crippen LogP contribution >= 0.6 is 11.3 Å². The van der Waals surface area contributed by atoms with Gasteiger partial charge in [0.1, 0.15) is 0 Å². The number of amides is 2. The summed E-state index contributed by atoms with van der Waals surface area (Å²) in [4.78, 5) is 32.0. The Morgan fingerprint density at radius 3 is 2.39 bits per heavy atom. The molecule has 0 aliphatic heterocycles. The van der Waals surface area contributed by atoms with Crippen LogP contribution in [0.1, 0.15) is 63.3 Å². The van der Waals surface area contributed by atoms with E-state index in [2.05, 4.69) is 13.8 Å². The lowest BCUT2D eigenvalue weighted by Crippen LogP contribution is -2.45. The molecule has 0 radical (unpaired) electrons. The lowest BCUT2D eigenvalue weighted by Gasteiger charge is -2.30. The Bertz CT molecular complexity index is 950. The summed E-state index contributed by atoms with van der Waals surface area (Å²) >= 11 is 1.64. The van der Waals surface area contributed by atoms with Gasteiger partial charge in [0.25, 0.3) is 0 Å². The second kappa shape index (κ2) is 17.8. The van der Waals surface area contributed by atoms with E-state index in [1.807, 2.05) is 47.5 Å². The smallest absolute Gasteiger partial charge is 0.242 e. The van der Waals surface area contributed by atoms with Gasteiger partial charge in [-0.2, -0.15) is 0 Å². The molecular formula is C30H46N2O5S. The number of hydrogen-bond acceptors (Lipinski definition) is 6. The fourth-order valence-corrected chi connectivity index (χ4v) is 5.15. The fraction of sp³-hybridized carbons (Fsp3) is 0.600. The minimum Gasteiger partial charge on any atom is -0.493 e. The number of unbranched alkanes of at least 4 members (excludes halogenated alkanes) is 1. The van der Waals surface area contributed by atoms with Crippen LogP contribution in [0.5, 0.6) is 11.5 Å². The molecule has 0 saturated heterocycles. The fourth-order valence-electron chi connectivity index (χ4n) is 4.43. The number of hydrogen-bond donors (Lipinski definition) is 0. The first-order valence-electron chi connectivity index (χ1n) is 13.8. The number of methoxy groups -OCH3 is 2. The zero-order chi connectivity index (χ0) is 27.8. The second-order valence-corrected chi connectivity index (χ2v) is 10.4. The molecule has 212 valence electrons. The van der Waals surface area contributed by atoms with Crippen LogP contribution in [0, 0.1) is 5.92 Å². The number of ether oxygens (including phenoxy) is 3. The Labute approximate surface area is 233 Å². The van der Waals surface area contributed by atoms with Gasteiger partial charge in [-0.1, -0.05) is 38.8 Å². The van der Waals surface area contributed by atoms with E-state index in [9.17, 15) is 9.59 Å². The maximum atomic E-state index is 13.7. The van der Waals surface area contributed by atoms with Gasteiger partial charge < -0.3 is 24.0 Å². The van der Waals surface area contributed by atoms with Crippen molar-refractivity contribution in [2.45, 2.75) is 65.8 Å². The molecule has 8 heteroatoms. The first-order valence-corrected chi connectivity index (χ1v) is 14.7. The van der Waals surface area contributed by atoms with E-state index in [0.717, 1.165) is 36.1 Å². The number of thiophene rings is 1. The number of nitrogens with zero attached hydrogens (tertiary/aromatic N) is 2. The monoisotopic (exact) mass is 546 g/mol. The van der Waals surface area contributed by atoms with E-state index in [1.54, 1.807) is 30.5 Å². The molecule has 1 aromatic carbocycles. The molecule has 0 unspecified atom stereocenters. The summed E-state index contributed by atoms with van der Waals surface area (Å²) in [6.07, 6.45) is 5.10. The molecule has 0 bridgehead atoms. The predicted molar refractivity (Wildman–Crippen MR) is 154 cm³/mol. The van der Waals surface area contributed by atoms with Gasteiger partial charge in [0, 0.05) is 37.1 Å². The third-order valence-electron chi connectivity index (χ3n) is 6.70. The van der Waals surface area contributed by atoms with Crippen molar-refractivity contribution in [2.75, 3.05) is 47.1 Å². The lowest BCUT2D eigenvalue weighted by atomic mass is 9.97. The van der Waals surface area contributed by atoms with Crippen LogP contribution in [0.25, 0.3) is 0 Å². The van der Waals surface area contributed by atoms with E-state index in [0.29, 0.717) is 57.2 Å². The Morgan fingerprint density at radius 2 is 1.76 bits per heavy atom. The molecule has 1 atom stereocenters. The van der Waals surface area contributed by atoms with Crippen LogP contribution < -0.4 is 9.47 Å². The molecule has 7 nitrogen and oxygen atoms in total. The van der Waals surface area contributed by atoms with Gasteiger partial charge >= 0.3 is 0 Å². The summed E-state index contributed by atoms with van der Waals surface area (Å²) in [5.41, 5.74) is 1.06. The molecular weight excluding hydrogens is 500 g/mol. The molecule has 0 aliphatic carbocycles. The van der Waals surface area contributed by atoms with Gasteiger partial charge in [-0.3, -0.25) is 9.59 Å². The minimum absolute atomic E-state index is 0.0334. The third kappa shape index (κ3) is 10.3. The van der Waals surface area contributed by atoms with Gasteiger partial charge in [0.2, 0.25) is 11.8 Å². The Morgan fingerprint density at radius 1 is 0.974 bits per heavy atom. The van der Waals surface area contributed by atoms with Gasteiger partial charge in [-0.25, -0.2) is 0 Å². The zero-order valence-electron chi connectivity index (χ0n) is 23.9. The summed E-state index contributed by atoms with van der Waals surface area (Å²) in [7, 11) is 3.24. The predicted octanol–water partition coefficient (Wildman–Crippen LogP) is 5.81. The van der Waals surface area contributed by atoms with Crippen molar-refractivity contribution < 1.29 is 23.8 Å². The van der Waals surface area contributed by atoms with E-state index < -0.39 is 0 Å². The van der Waals surface area contributed by atoms with Crippen molar-refractivity contribution in [3.63, 3.8) is 0 Å². The van der Waals surface area contributed by atoms with Gasteiger partial charge in [0.05, 0.1) is 27.3 Å². The minimum atomic E-state index is -0.0487. The zero-order valence-corrected chi connectivity index (χ0v) is 24.7. The van der Waals surface area contributed by atoms with Gasteiger partial charge in [0.15, 0.2) is 11.5 Å². The van der Waals surface area contributed by atoms with E-state index in [1.165, 1.54) is 0 Å². The quantitative estimate of drug-likeness (QED) is 0.208. The van der Waals surface area contributed by atoms with Crippen LogP contribution in [-0.4, -0.2) is 68.7 Å². The van der Waals surface area contributed by atoms with Crippen LogP contribution in [0.4, 0.5) is 0 Å². The number of rotatable bonds is 19. The molecule has 0 spiro atoms. The summed E-state index contributed by atoms with van der Waals surface area (Å²) < 4.78 is 16.3. The van der Waals surface area contributed by atoms with Crippen molar-refractivity contribution in [1.82, 2.24) is 9.80 Å². The van der Waals surface area contributed by atoms with Crippen molar-refractivity contribution >= 4 is 23.2 Å². The molecule has 2 aromatic rings. The average molecular weight is 547 g/mol. The van der Waals surface area contributed by atoms with E-state index in [4.69, 9.17) is 14.2 Å². The molecule has 0 fully saturated rings. The first-order chi connectivity index (χ1) is 18.5. The average Bonchev–Trinajstić information content (AvgIpc) is 3.45. The van der Waals surface area contributed by atoms with Crippen LogP contribution in [-0.2, 0) is 27.3 Å². The highest BCUT2D eigenvalue weighted by atomic mass is 32.1. The van der Waals surface area contributed by atoms with Crippen molar-refractivity contribution in [3.05, 3.63) is 46.2 Å². The van der Waals surface area contributed by atoms with Crippen molar-refractivity contribution in [3.8, 4) is 11.5 Å². The first kappa shape index (κ1) is 31.6. The maximum absolute atomic E-state index is 13.7. The molecule has 0 N–H and O–H groups in total. The summed E-state index contributed by atoms with van der Waals surface area (Å²) in [5.74, 6) is 1.35. The SMILES string of the molecule is CCCC[C@@H](CC)C(=O)N(CCCOCC)CC(=O)N(CCc1ccc(OC)c(OC)c1)Cc1cccs1. The van der Waals surface area contributed by atoms with Crippen molar-refractivity contribution in [1.29, 1.82) is 0 Å². The second-order valence-electron chi connectivity index (χ2n) is 9.39. The van der Waals surface area contributed by atoms with Crippen molar-refractivity contribution in [2.24, 2.45) is 5.92 Å². The lowest BCUT2D eigenvalue weighted by molar-refractivity contribution is -0.143. The largest absolute Gasteiger partial charge is 0.493 e. The standard InChI is InChI=1S/C30H46N2O5S/c1-6-9-12-25(7-2)30(34)32(17-11-19-37-8-3)23-29(33)31(22-26-13-10-20-38-26)18-16-24-14-15-27(35-4)28(21-24)36-5/h10,13-15,20-21,25H,6-9,11-12,16-19,22-23H2,1-5H3/t25-/m1/s1. The van der Waals surface area contributed by atoms with Gasteiger partial charge in [-0.05, 0) is 61.7 Å². The molecule has 2 rings (SSSR count). The highest BCUT2D eigenvalue weighted by Gasteiger charge is 2.26. The summed E-state index contributed by atoms with van der Waals surface area (Å²) in [5, 5.41) is 2.02. The molecule has 38 heavy (non-hydrogen) atoms. The van der Waals surface area contributed by atoms with E-state index >= 15 is 0 Å². The van der Waals surface area contributed by atoms with Gasteiger partial charge in [-0.15, -0.1) is 11.3 Å². The molecule has 2 amide bonds. The molecule has 1 heterocycles. The van der Waals surface area contributed by atoms with E-state index in [-0.39, 0.29) is 24.3 Å². The highest BCUT2D eigenvalue weighted by molar-refractivity contribution is 7.09. The topological polar surface area (TPSA) is 68.3 Å². The normalized spacial score (nSPS) is 11.7. The van der Waals surface area contributed by atoms with Crippen LogP contribution in [0.15, 0.2) is 35.7 Å². The molecule has 0 saturated carbocycles. The number of benzene rings is 1. The maximum Gasteiger partial charge on any atom is 0.242 e. The van der Waals surface area contributed by atoms with Crippen LogP contribution in [0.3, 0.4) is 0 Å². The third-order valence-corrected chi connectivity index (χ3v) is 7.57. The van der Waals surface area contributed by atoms with Crippen LogP contribution in [0.2, 0.25) is 0 Å². The number of carbonyl (C=O) groups excluding carboxylic acids is 2.